The van der Waals surface area contributed by atoms with E-state index in [1.54, 1.807) is 7.11 Å². The quantitative estimate of drug-likeness (QED) is 0.498. The Morgan fingerprint density at radius 2 is 1.73 bits per heavy atom. The van der Waals surface area contributed by atoms with Gasteiger partial charge in [-0.3, -0.25) is 19.3 Å². The summed E-state index contributed by atoms with van der Waals surface area (Å²) in [6, 6.07) is 17.7. The molecule has 3 fully saturated rings. The number of nitrogens with one attached hydrogen (secondary N) is 1. The molecule has 3 aliphatic rings. The van der Waals surface area contributed by atoms with Gasteiger partial charge in [0, 0.05) is 18.9 Å². The highest BCUT2D eigenvalue weighted by atomic mass is 35.5. The van der Waals surface area contributed by atoms with E-state index in [9.17, 15) is 14.4 Å². The van der Waals surface area contributed by atoms with Gasteiger partial charge in [0.2, 0.25) is 17.7 Å². The third-order valence-electron chi connectivity index (χ3n) is 8.00. The third kappa shape index (κ3) is 6.16. The van der Waals surface area contributed by atoms with Crippen molar-refractivity contribution < 1.29 is 19.1 Å². The van der Waals surface area contributed by atoms with Crippen LogP contribution in [-0.2, 0) is 20.9 Å². The second-order valence-electron chi connectivity index (χ2n) is 10.5. The van der Waals surface area contributed by atoms with Gasteiger partial charge in [-0.05, 0) is 68.5 Å². The number of piperidine rings is 1. The van der Waals surface area contributed by atoms with Crippen molar-refractivity contribution >= 4 is 30.1 Å². The van der Waals surface area contributed by atoms with Crippen LogP contribution in [0.4, 0.5) is 0 Å². The predicted molar refractivity (Wildman–Crippen MR) is 143 cm³/mol. The molecule has 2 aliphatic heterocycles. The average Bonchev–Trinajstić information content (AvgIpc) is 3.74. The number of carbonyl (C=O) groups is 3. The van der Waals surface area contributed by atoms with Crippen LogP contribution in [-0.4, -0.2) is 54.3 Å². The fourth-order valence-corrected chi connectivity index (χ4v) is 5.48. The number of rotatable bonds is 9. The second kappa shape index (κ2) is 11.7. The van der Waals surface area contributed by atoms with E-state index in [0.717, 1.165) is 55.8 Å². The molecule has 2 heterocycles. The van der Waals surface area contributed by atoms with E-state index >= 15 is 0 Å². The number of ether oxygens (including phenoxy) is 1. The molecule has 7 nitrogen and oxygen atoms in total. The summed E-state index contributed by atoms with van der Waals surface area (Å²) in [7, 11) is 1.62. The molecule has 5 rings (SSSR count). The normalized spacial score (nSPS) is 20.0. The van der Waals surface area contributed by atoms with Gasteiger partial charge in [0.1, 0.15) is 5.75 Å². The first-order chi connectivity index (χ1) is 17.5. The fraction of sp³-hybridized carbons (Fsp3) is 0.483. The van der Waals surface area contributed by atoms with Gasteiger partial charge in [-0.15, -0.1) is 12.4 Å². The zero-order valence-electron chi connectivity index (χ0n) is 21.4. The van der Waals surface area contributed by atoms with Crippen LogP contribution in [0.1, 0.15) is 55.7 Å². The molecule has 37 heavy (non-hydrogen) atoms. The Morgan fingerprint density at radius 1 is 1.05 bits per heavy atom. The minimum Gasteiger partial charge on any atom is -0.497 e. The molecule has 0 bridgehead atoms. The van der Waals surface area contributed by atoms with E-state index in [1.807, 2.05) is 42.5 Å². The SMILES string of the molecule is COc1ccc(CN2C(=O)CC3(CCN(CC[C@H](NC(=O)C4CC4)c4ccccc4)CC3)C2=O)cc1.Cl. The van der Waals surface area contributed by atoms with E-state index in [1.165, 1.54) is 4.90 Å². The lowest BCUT2D eigenvalue weighted by Crippen LogP contribution is -2.45. The number of amides is 3. The van der Waals surface area contributed by atoms with Crippen molar-refractivity contribution in [3.8, 4) is 5.75 Å². The molecular weight excluding hydrogens is 490 g/mol. The Morgan fingerprint density at radius 3 is 2.35 bits per heavy atom. The molecule has 1 aliphatic carbocycles. The molecule has 2 saturated heterocycles. The summed E-state index contributed by atoms with van der Waals surface area (Å²) in [5.74, 6) is 0.993. The number of hydrogen-bond donors (Lipinski definition) is 1. The summed E-state index contributed by atoms with van der Waals surface area (Å²) >= 11 is 0. The van der Waals surface area contributed by atoms with Crippen molar-refractivity contribution in [2.45, 2.75) is 51.1 Å². The maximum atomic E-state index is 13.4. The fourth-order valence-electron chi connectivity index (χ4n) is 5.48. The van der Waals surface area contributed by atoms with E-state index < -0.39 is 5.41 Å². The van der Waals surface area contributed by atoms with Crippen molar-refractivity contribution in [2.75, 3.05) is 26.7 Å². The third-order valence-corrected chi connectivity index (χ3v) is 8.00. The van der Waals surface area contributed by atoms with E-state index in [-0.39, 0.29) is 42.1 Å². The lowest BCUT2D eigenvalue weighted by molar-refractivity contribution is -0.143. The summed E-state index contributed by atoms with van der Waals surface area (Å²) in [6.07, 6.45) is 4.50. The van der Waals surface area contributed by atoms with Gasteiger partial charge in [-0.1, -0.05) is 42.5 Å². The first kappa shape index (κ1) is 27.1. The number of likely N-dealkylation sites (tertiary alicyclic amines) is 2. The zero-order valence-corrected chi connectivity index (χ0v) is 22.2. The molecule has 8 heteroatoms. The number of imide groups is 1. The van der Waals surface area contributed by atoms with Crippen LogP contribution in [0.2, 0.25) is 0 Å². The van der Waals surface area contributed by atoms with Gasteiger partial charge < -0.3 is 15.0 Å². The first-order valence-corrected chi connectivity index (χ1v) is 13.0. The Labute approximate surface area is 224 Å². The smallest absolute Gasteiger partial charge is 0.236 e. The number of methoxy groups -OCH3 is 1. The Balaban J connectivity index is 0.00000320. The van der Waals surface area contributed by atoms with Gasteiger partial charge in [0.05, 0.1) is 25.1 Å². The molecule has 3 amide bonds. The minimum absolute atomic E-state index is 0. The first-order valence-electron chi connectivity index (χ1n) is 13.0. The molecule has 0 aromatic heterocycles. The summed E-state index contributed by atoms with van der Waals surface area (Å²) in [5.41, 5.74) is 1.48. The van der Waals surface area contributed by atoms with Crippen LogP contribution in [0, 0.1) is 11.3 Å². The van der Waals surface area contributed by atoms with Crippen LogP contribution in [0.5, 0.6) is 5.75 Å². The van der Waals surface area contributed by atoms with Crippen LogP contribution < -0.4 is 10.1 Å². The van der Waals surface area contributed by atoms with Gasteiger partial charge in [-0.25, -0.2) is 0 Å². The van der Waals surface area contributed by atoms with Crippen LogP contribution in [0.15, 0.2) is 54.6 Å². The lowest BCUT2D eigenvalue weighted by Gasteiger charge is -2.38. The number of hydrogen-bond acceptors (Lipinski definition) is 5. The van der Waals surface area contributed by atoms with Crippen molar-refractivity contribution in [3.05, 3.63) is 65.7 Å². The summed E-state index contributed by atoms with van der Waals surface area (Å²) in [4.78, 5) is 42.5. The highest BCUT2D eigenvalue weighted by Crippen LogP contribution is 2.43. The van der Waals surface area contributed by atoms with Crippen LogP contribution >= 0.6 is 12.4 Å². The Hall–Kier alpha value is -2.90. The van der Waals surface area contributed by atoms with Crippen molar-refractivity contribution in [3.63, 3.8) is 0 Å². The van der Waals surface area contributed by atoms with Crippen molar-refractivity contribution in [1.82, 2.24) is 15.1 Å². The number of carbonyl (C=O) groups excluding carboxylic acids is 3. The molecule has 1 atom stereocenters. The van der Waals surface area contributed by atoms with E-state index in [0.29, 0.717) is 25.8 Å². The molecule has 1 N–H and O–H groups in total. The van der Waals surface area contributed by atoms with Gasteiger partial charge in [0.15, 0.2) is 0 Å². The van der Waals surface area contributed by atoms with Crippen molar-refractivity contribution in [1.29, 1.82) is 0 Å². The molecule has 2 aromatic carbocycles. The van der Waals surface area contributed by atoms with Crippen LogP contribution in [0.25, 0.3) is 0 Å². The average molecular weight is 526 g/mol. The van der Waals surface area contributed by atoms with Gasteiger partial charge in [0.25, 0.3) is 0 Å². The largest absolute Gasteiger partial charge is 0.497 e. The highest BCUT2D eigenvalue weighted by molar-refractivity contribution is 6.05. The minimum atomic E-state index is -0.570. The van der Waals surface area contributed by atoms with E-state index in [2.05, 4.69) is 22.3 Å². The van der Waals surface area contributed by atoms with Crippen LogP contribution in [0.3, 0.4) is 0 Å². The van der Waals surface area contributed by atoms with Gasteiger partial charge in [-0.2, -0.15) is 0 Å². The molecule has 198 valence electrons. The summed E-state index contributed by atoms with van der Waals surface area (Å²) in [6.45, 7) is 2.73. The topological polar surface area (TPSA) is 79.0 Å². The molecule has 1 spiro atoms. The van der Waals surface area contributed by atoms with E-state index in [4.69, 9.17) is 4.74 Å². The molecule has 1 saturated carbocycles. The molecule has 2 aromatic rings. The summed E-state index contributed by atoms with van der Waals surface area (Å²) in [5, 5.41) is 3.25. The second-order valence-corrected chi connectivity index (χ2v) is 10.5. The number of benzene rings is 2. The van der Waals surface area contributed by atoms with Crippen molar-refractivity contribution in [2.24, 2.45) is 11.3 Å². The molecule has 0 unspecified atom stereocenters. The standard InChI is InChI=1S/C29H35N3O4.ClH/c1-36-24-11-7-21(8-12-24)20-32-26(33)19-29(28(32)35)14-17-31(18-15-29)16-13-25(22-5-3-2-4-6-22)30-27(34)23-9-10-23;/h2-8,11-12,23,25H,9-10,13-20H2,1H3,(H,30,34);1H/t25-;/m0./s1. The zero-order chi connectivity index (χ0) is 25.1. The Bertz CT molecular complexity index is 1100. The van der Waals surface area contributed by atoms with Gasteiger partial charge >= 0.3 is 0 Å². The lowest BCUT2D eigenvalue weighted by atomic mass is 9.77. The predicted octanol–water partition coefficient (Wildman–Crippen LogP) is 4.12. The maximum Gasteiger partial charge on any atom is 0.236 e. The highest BCUT2D eigenvalue weighted by Gasteiger charge is 2.52. The molecular formula is C29H36ClN3O4. The maximum absolute atomic E-state index is 13.4. The number of nitrogens with zero attached hydrogens (tertiary/aromatic N) is 2. The summed E-state index contributed by atoms with van der Waals surface area (Å²) < 4.78 is 5.20. The monoisotopic (exact) mass is 525 g/mol. The molecule has 0 radical (unpaired) electrons. The number of halogens is 1. The Kier molecular flexibility index (Phi) is 8.55.